The number of hydrogen-bond acceptors (Lipinski definition) is 2. The van der Waals surface area contributed by atoms with Crippen LogP contribution in [-0.4, -0.2) is 0 Å². The number of nitrogens with zero attached hydrogens (tertiary/aromatic N) is 2. The SMILES string of the molecule is C=Cc1ccc(C2(c3ccccc3)c3ccccc3-c3ccc(N(c4ccccc4)c4ccc(-c5ccc(N(c6ccccc6)c6ccc7c(c6)C(C6=CC(C)C(C=C)C=C6)(c6ccccc6)c6ccccc6-7)cc5)cc4)cc32)cc1. The molecule has 2 heteroatoms. The fourth-order valence-electron chi connectivity index (χ4n) is 13.7. The zero-order chi connectivity index (χ0) is 54.5. The Kier molecular flexibility index (Phi) is 12.4. The molecule has 0 saturated heterocycles. The molecular weight excluding hydrogens is 977 g/mol. The second-order valence-electron chi connectivity index (χ2n) is 21.7. The van der Waals surface area contributed by atoms with Crippen LogP contribution in [-0.2, 0) is 10.8 Å². The molecule has 0 N–H and O–H groups in total. The number of allylic oxidation sites excluding steroid dienone is 5. The van der Waals surface area contributed by atoms with Gasteiger partial charge in [-0.2, -0.15) is 0 Å². The van der Waals surface area contributed by atoms with Crippen LogP contribution in [0.5, 0.6) is 0 Å². The normalized spacial score (nSPS) is 18.2. The highest BCUT2D eigenvalue weighted by Gasteiger charge is 2.49. The summed E-state index contributed by atoms with van der Waals surface area (Å²) >= 11 is 0. The van der Waals surface area contributed by atoms with Crippen LogP contribution < -0.4 is 9.80 Å². The third kappa shape index (κ3) is 8.01. The molecule has 0 fully saturated rings. The monoisotopic (exact) mass is 1040 g/mol. The molecule has 0 amide bonds. The Bertz CT molecular complexity index is 4200. The molecule has 0 heterocycles. The van der Waals surface area contributed by atoms with Crippen LogP contribution in [0.4, 0.5) is 34.1 Å². The number of fused-ring (bicyclic) bond motifs is 6. The Morgan fingerprint density at radius 2 is 0.741 bits per heavy atom. The van der Waals surface area contributed by atoms with Crippen molar-refractivity contribution < 1.29 is 0 Å². The van der Waals surface area contributed by atoms with E-state index in [9.17, 15) is 0 Å². The molecule has 14 rings (SSSR count). The van der Waals surface area contributed by atoms with Crippen molar-refractivity contribution in [1.29, 1.82) is 0 Å². The summed E-state index contributed by atoms with van der Waals surface area (Å²) in [5.74, 6) is 0.587. The van der Waals surface area contributed by atoms with E-state index in [4.69, 9.17) is 0 Å². The molecule has 2 nitrogen and oxygen atoms in total. The van der Waals surface area contributed by atoms with E-state index in [1.165, 1.54) is 66.8 Å². The number of benzene rings is 11. The van der Waals surface area contributed by atoms with E-state index >= 15 is 0 Å². The van der Waals surface area contributed by atoms with Gasteiger partial charge in [-0.25, -0.2) is 0 Å². The largest absolute Gasteiger partial charge is 0.310 e. The summed E-state index contributed by atoms with van der Waals surface area (Å²) in [5.41, 5.74) is 24.1. The van der Waals surface area contributed by atoms with Gasteiger partial charge in [0.15, 0.2) is 0 Å². The van der Waals surface area contributed by atoms with Crippen molar-refractivity contribution in [3.05, 3.63) is 367 Å². The minimum Gasteiger partial charge on any atom is -0.310 e. The Morgan fingerprint density at radius 1 is 0.358 bits per heavy atom. The van der Waals surface area contributed by atoms with Gasteiger partial charge in [0.05, 0.1) is 10.8 Å². The predicted molar refractivity (Wildman–Crippen MR) is 340 cm³/mol. The second kappa shape index (κ2) is 20.3. The molecule has 4 atom stereocenters. The summed E-state index contributed by atoms with van der Waals surface area (Å²) in [7, 11) is 0. The highest BCUT2D eigenvalue weighted by atomic mass is 15.1. The molecule has 0 saturated carbocycles. The molecule has 0 spiro atoms. The maximum Gasteiger partial charge on any atom is 0.0714 e. The third-order valence-electron chi connectivity index (χ3n) is 17.4. The second-order valence-corrected chi connectivity index (χ2v) is 21.7. The van der Waals surface area contributed by atoms with E-state index in [1.807, 2.05) is 6.08 Å². The standard InChI is InChI=1S/C79H60N2/c1-4-56-34-41-62(42-35-56)78(60-22-10-6-11-23-60)74-32-20-18-30-70(74)72-50-48-68(53-76(72)78)80(64-26-14-8-15-27-64)66-44-37-58(38-45-66)59-39-46-67(47-40-59)81(65-28-16-9-17-29-65)69-49-51-73-71-31-19-21-33-75(71)79(77(73)54-69,61-24-12-7-13-25-61)63-43-36-57(5-2)55(3)52-63/h4-55,57H,1-2H2,3H3. The van der Waals surface area contributed by atoms with Gasteiger partial charge in [0, 0.05) is 40.0 Å². The molecule has 0 aromatic heterocycles. The lowest BCUT2D eigenvalue weighted by atomic mass is 9.65. The number of hydrogen-bond donors (Lipinski definition) is 0. The fraction of sp³-hybridized carbons (Fsp3) is 0.0633. The molecule has 11 aromatic carbocycles. The molecule has 81 heavy (non-hydrogen) atoms. The maximum absolute atomic E-state index is 4.19. The maximum atomic E-state index is 4.19. The number of rotatable bonds is 13. The van der Waals surface area contributed by atoms with Crippen LogP contribution in [0, 0.1) is 11.8 Å². The summed E-state index contributed by atoms with van der Waals surface area (Å²) in [6, 6.07) is 103. The first-order valence-corrected chi connectivity index (χ1v) is 28.3. The highest BCUT2D eigenvalue weighted by Crippen LogP contribution is 2.60. The van der Waals surface area contributed by atoms with E-state index in [0.29, 0.717) is 5.92 Å². The lowest BCUT2D eigenvalue weighted by Gasteiger charge is -2.38. The minimum absolute atomic E-state index is 0.284. The lowest BCUT2D eigenvalue weighted by molar-refractivity contribution is 0.586. The van der Waals surface area contributed by atoms with Gasteiger partial charge in [0.2, 0.25) is 0 Å². The first kappa shape index (κ1) is 49.3. The van der Waals surface area contributed by atoms with Crippen molar-refractivity contribution in [2.24, 2.45) is 11.8 Å². The summed E-state index contributed by atoms with van der Waals surface area (Å²) in [5, 5.41) is 0. The molecule has 0 bridgehead atoms. The summed E-state index contributed by atoms with van der Waals surface area (Å²) in [6.45, 7) is 10.6. The van der Waals surface area contributed by atoms with Crippen LogP contribution in [0.2, 0.25) is 0 Å². The lowest BCUT2D eigenvalue weighted by Crippen LogP contribution is -2.31. The average Bonchev–Trinajstić information content (AvgIpc) is 4.25. The molecule has 0 aliphatic heterocycles. The molecule has 4 unspecified atom stereocenters. The summed E-state index contributed by atoms with van der Waals surface area (Å²) in [6.07, 6.45) is 11.2. The first-order chi connectivity index (χ1) is 40.0. The van der Waals surface area contributed by atoms with Gasteiger partial charge >= 0.3 is 0 Å². The van der Waals surface area contributed by atoms with Gasteiger partial charge in [-0.15, -0.1) is 6.58 Å². The molecule has 0 radical (unpaired) electrons. The van der Waals surface area contributed by atoms with Crippen LogP contribution in [0.3, 0.4) is 0 Å². The zero-order valence-corrected chi connectivity index (χ0v) is 45.4. The van der Waals surface area contributed by atoms with E-state index in [2.05, 4.69) is 333 Å². The summed E-state index contributed by atoms with van der Waals surface area (Å²) in [4.78, 5) is 4.80. The Morgan fingerprint density at radius 3 is 1.21 bits per heavy atom. The molecule has 3 aliphatic carbocycles. The van der Waals surface area contributed by atoms with Gasteiger partial charge in [-0.1, -0.05) is 250 Å². The molecule has 11 aromatic rings. The predicted octanol–water partition coefficient (Wildman–Crippen LogP) is 20.5. The highest BCUT2D eigenvalue weighted by molar-refractivity contribution is 5.92. The molecule has 386 valence electrons. The topological polar surface area (TPSA) is 6.48 Å². The van der Waals surface area contributed by atoms with Crippen LogP contribution in [0.25, 0.3) is 39.5 Å². The summed E-state index contributed by atoms with van der Waals surface area (Å²) < 4.78 is 0. The van der Waals surface area contributed by atoms with E-state index < -0.39 is 10.8 Å². The smallest absolute Gasteiger partial charge is 0.0714 e. The zero-order valence-electron chi connectivity index (χ0n) is 45.4. The van der Waals surface area contributed by atoms with Gasteiger partial charge in [-0.3, -0.25) is 0 Å². The van der Waals surface area contributed by atoms with Crippen molar-refractivity contribution in [3.63, 3.8) is 0 Å². The van der Waals surface area contributed by atoms with Crippen LogP contribution in [0.1, 0.15) is 51.4 Å². The van der Waals surface area contributed by atoms with Crippen molar-refractivity contribution in [2.75, 3.05) is 9.80 Å². The average molecular weight is 1040 g/mol. The molecular formula is C79H60N2. The van der Waals surface area contributed by atoms with E-state index in [1.54, 1.807) is 0 Å². The van der Waals surface area contributed by atoms with Crippen molar-refractivity contribution >= 4 is 40.2 Å². The Hall–Kier alpha value is -10.0. The van der Waals surface area contributed by atoms with Gasteiger partial charge < -0.3 is 9.80 Å². The van der Waals surface area contributed by atoms with Gasteiger partial charge in [0.25, 0.3) is 0 Å². The van der Waals surface area contributed by atoms with Crippen molar-refractivity contribution in [1.82, 2.24) is 0 Å². The molecule has 3 aliphatic rings. The van der Waals surface area contributed by atoms with Crippen LogP contribution >= 0.6 is 0 Å². The van der Waals surface area contributed by atoms with E-state index in [0.717, 1.165) is 50.8 Å². The fourth-order valence-corrected chi connectivity index (χ4v) is 13.7. The minimum atomic E-state index is -0.546. The first-order valence-electron chi connectivity index (χ1n) is 28.3. The van der Waals surface area contributed by atoms with Crippen molar-refractivity contribution in [2.45, 2.75) is 17.8 Å². The Balaban J connectivity index is 0.846. The van der Waals surface area contributed by atoms with Gasteiger partial charge in [-0.05, 0) is 162 Å². The number of anilines is 6. The van der Waals surface area contributed by atoms with Crippen molar-refractivity contribution in [3.8, 4) is 33.4 Å². The van der Waals surface area contributed by atoms with E-state index in [-0.39, 0.29) is 5.92 Å². The van der Waals surface area contributed by atoms with Gasteiger partial charge in [0.1, 0.15) is 0 Å². The van der Waals surface area contributed by atoms with Crippen LogP contribution in [0.15, 0.2) is 322 Å². The third-order valence-corrected chi connectivity index (χ3v) is 17.4. The Labute approximate surface area is 476 Å². The quantitative estimate of drug-likeness (QED) is 0.106. The number of para-hydroxylation sites is 2.